The number of carbonyl (C=O) groups excluding carboxylic acids is 1. The molecule has 1 rings (SSSR count). The van der Waals surface area contributed by atoms with Crippen LogP contribution in [0.15, 0.2) is 30.9 Å². The maximum Gasteiger partial charge on any atom is 0.335 e. The Morgan fingerprint density at radius 2 is 2.18 bits per heavy atom. The predicted octanol–water partition coefficient (Wildman–Crippen LogP) is 3.30. The van der Waals surface area contributed by atoms with Crippen molar-refractivity contribution in [2.75, 3.05) is 6.61 Å². The Bertz CT molecular complexity index is 408. The van der Waals surface area contributed by atoms with Crippen molar-refractivity contribution in [1.82, 2.24) is 0 Å². The molecule has 0 radical (unpaired) electrons. The van der Waals surface area contributed by atoms with Gasteiger partial charge in [0.05, 0.1) is 6.61 Å². The number of esters is 1. The first-order valence-corrected chi connectivity index (χ1v) is 5.69. The molecule has 0 spiro atoms. The van der Waals surface area contributed by atoms with Crippen LogP contribution in [0, 0.1) is 0 Å². The van der Waals surface area contributed by atoms with E-state index >= 15 is 0 Å². The Morgan fingerprint density at radius 3 is 2.71 bits per heavy atom. The zero-order valence-electron chi connectivity index (χ0n) is 10.5. The summed E-state index contributed by atoms with van der Waals surface area (Å²) in [5.74, 6) is 1.05. The van der Waals surface area contributed by atoms with Crippen molar-refractivity contribution in [3.8, 4) is 11.5 Å². The van der Waals surface area contributed by atoms with Crippen molar-refractivity contribution in [1.29, 1.82) is 0 Å². The summed E-state index contributed by atoms with van der Waals surface area (Å²) in [5.41, 5.74) is 0.976. The van der Waals surface area contributed by atoms with Gasteiger partial charge in [-0.3, -0.25) is 0 Å². The van der Waals surface area contributed by atoms with Gasteiger partial charge in [-0.2, -0.15) is 0 Å². The fourth-order valence-electron chi connectivity index (χ4n) is 1.49. The minimum absolute atomic E-state index is 0.276. The van der Waals surface area contributed by atoms with Gasteiger partial charge in [0, 0.05) is 12.1 Å². The zero-order chi connectivity index (χ0) is 12.8. The van der Waals surface area contributed by atoms with Crippen molar-refractivity contribution < 1.29 is 14.3 Å². The summed E-state index contributed by atoms with van der Waals surface area (Å²) in [6.07, 6.45) is 1.15. The van der Waals surface area contributed by atoms with Crippen molar-refractivity contribution in [3.05, 3.63) is 36.4 Å². The smallest absolute Gasteiger partial charge is 0.335 e. The van der Waals surface area contributed by atoms with Crippen LogP contribution in [0.5, 0.6) is 11.5 Å². The first-order chi connectivity index (χ1) is 8.08. The van der Waals surface area contributed by atoms with Crippen LogP contribution >= 0.6 is 0 Å². The third-order valence-corrected chi connectivity index (χ3v) is 2.30. The second-order valence-electron chi connectivity index (χ2n) is 3.91. The molecule has 0 aliphatic rings. The van der Waals surface area contributed by atoms with Crippen molar-refractivity contribution in [2.24, 2.45) is 0 Å². The molecule has 0 saturated heterocycles. The molecule has 17 heavy (non-hydrogen) atoms. The Balaban J connectivity index is 3.06. The average Bonchev–Trinajstić information content (AvgIpc) is 2.29. The highest BCUT2D eigenvalue weighted by atomic mass is 16.5. The normalized spacial score (nSPS) is 10.1. The number of benzene rings is 1. The van der Waals surface area contributed by atoms with Crippen molar-refractivity contribution >= 4 is 5.97 Å². The van der Waals surface area contributed by atoms with Gasteiger partial charge in [0.2, 0.25) is 0 Å². The third-order valence-electron chi connectivity index (χ3n) is 2.30. The van der Waals surface area contributed by atoms with Gasteiger partial charge in [-0.15, -0.1) is 0 Å². The molecule has 0 atom stereocenters. The maximum atomic E-state index is 11.2. The molecular weight excluding hydrogens is 216 g/mol. The molecular formula is C14H18O3. The van der Waals surface area contributed by atoms with Crippen LogP contribution in [-0.2, 0) is 4.79 Å². The van der Waals surface area contributed by atoms with E-state index in [0.29, 0.717) is 18.1 Å². The quantitative estimate of drug-likeness (QED) is 0.445. The SMILES string of the molecule is C=CC(=O)Oc1cc(OCC)ccc1C(C)C. The fraction of sp³-hybridized carbons (Fsp3) is 0.357. The van der Waals surface area contributed by atoms with E-state index in [0.717, 1.165) is 11.6 Å². The standard InChI is InChI=1S/C14H18O3/c1-5-14(15)17-13-9-11(16-6-2)7-8-12(13)10(3)4/h5,7-10H,1,6H2,2-4H3. The average molecular weight is 234 g/mol. The zero-order valence-corrected chi connectivity index (χ0v) is 10.5. The molecule has 3 nitrogen and oxygen atoms in total. The van der Waals surface area contributed by atoms with Crippen molar-refractivity contribution in [2.45, 2.75) is 26.7 Å². The molecule has 0 unspecified atom stereocenters. The predicted molar refractivity (Wildman–Crippen MR) is 67.5 cm³/mol. The second kappa shape index (κ2) is 6.09. The largest absolute Gasteiger partial charge is 0.494 e. The topological polar surface area (TPSA) is 35.5 Å². The lowest BCUT2D eigenvalue weighted by atomic mass is 10.0. The van der Waals surface area contributed by atoms with E-state index in [-0.39, 0.29) is 5.92 Å². The molecule has 0 aliphatic carbocycles. The molecule has 0 heterocycles. The van der Waals surface area contributed by atoms with Crippen LogP contribution in [0.4, 0.5) is 0 Å². The van der Waals surface area contributed by atoms with Gasteiger partial charge in [0.15, 0.2) is 0 Å². The summed E-state index contributed by atoms with van der Waals surface area (Å²) in [4.78, 5) is 11.2. The van der Waals surface area contributed by atoms with Gasteiger partial charge in [0.25, 0.3) is 0 Å². The molecule has 0 aromatic heterocycles. The van der Waals surface area contributed by atoms with E-state index in [9.17, 15) is 4.79 Å². The van der Waals surface area contributed by atoms with E-state index in [1.54, 1.807) is 6.07 Å². The summed E-state index contributed by atoms with van der Waals surface area (Å²) in [7, 11) is 0. The molecule has 0 saturated carbocycles. The summed E-state index contributed by atoms with van der Waals surface area (Å²) in [6.45, 7) is 9.96. The lowest BCUT2D eigenvalue weighted by Gasteiger charge is -2.13. The lowest BCUT2D eigenvalue weighted by molar-refractivity contribution is -0.129. The van der Waals surface area contributed by atoms with E-state index in [1.165, 1.54) is 0 Å². The van der Waals surface area contributed by atoms with Crippen molar-refractivity contribution in [3.63, 3.8) is 0 Å². The van der Waals surface area contributed by atoms with Gasteiger partial charge in [-0.25, -0.2) is 4.79 Å². The maximum absolute atomic E-state index is 11.2. The monoisotopic (exact) mass is 234 g/mol. The molecule has 0 N–H and O–H groups in total. The van der Waals surface area contributed by atoms with Crippen LogP contribution < -0.4 is 9.47 Å². The second-order valence-corrected chi connectivity index (χ2v) is 3.91. The van der Waals surface area contributed by atoms with Gasteiger partial charge in [-0.1, -0.05) is 26.5 Å². The lowest BCUT2D eigenvalue weighted by Crippen LogP contribution is -2.06. The van der Waals surface area contributed by atoms with E-state index in [2.05, 4.69) is 6.58 Å². The third kappa shape index (κ3) is 3.63. The van der Waals surface area contributed by atoms with Gasteiger partial charge >= 0.3 is 5.97 Å². The Hall–Kier alpha value is -1.77. The first kappa shape index (κ1) is 13.3. The fourth-order valence-corrected chi connectivity index (χ4v) is 1.49. The summed E-state index contributed by atoms with van der Waals surface area (Å²) in [6, 6.07) is 5.53. The van der Waals surface area contributed by atoms with Gasteiger partial charge in [-0.05, 0) is 24.5 Å². The number of rotatable bonds is 5. The van der Waals surface area contributed by atoms with Crippen LogP contribution in [0.1, 0.15) is 32.3 Å². The molecule has 0 aliphatic heterocycles. The van der Waals surface area contributed by atoms with Crippen LogP contribution in [0.2, 0.25) is 0 Å². The van der Waals surface area contributed by atoms with E-state index in [4.69, 9.17) is 9.47 Å². The summed E-state index contributed by atoms with van der Waals surface area (Å²) in [5, 5.41) is 0. The number of hydrogen-bond acceptors (Lipinski definition) is 3. The molecule has 0 fully saturated rings. The highest BCUT2D eigenvalue weighted by Crippen LogP contribution is 2.30. The van der Waals surface area contributed by atoms with Gasteiger partial charge < -0.3 is 9.47 Å². The van der Waals surface area contributed by atoms with Gasteiger partial charge in [0.1, 0.15) is 11.5 Å². The van der Waals surface area contributed by atoms with E-state index < -0.39 is 5.97 Å². The summed E-state index contributed by atoms with van der Waals surface area (Å²) < 4.78 is 10.6. The number of carbonyl (C=O) groups is 1. The molecule has 0 bridgehead atoms. The van der Waals surface area contributed by atoms with Crippen LogP contribution in [-0.4, -0.2) is 12.6 Å². The molecule has 3 heteroatoms. The Kier molecular flexibility index (Phi) is 4.76. The molecule has 1 aromatic rings. The minimum atomic E-state index is -0.458. The first-order valence-electron chi connectivity index (χ1n) is 5.69. The number of ether oxygens (including phenoxy) is 2. The highest BCUT2D eigenvalue weighted by molar-refractivity contribution is 5.83. The minimum Gasteiger partial charge on any atom is -0.494 e. The highest BCUT2D eigenvalue weighted by Gasteiger charge is 2.11. The molecule has 92 valence electrons. The molecule has 0 amide bonds. The Morgan fingerprint density at radius 1 is 1.47 bits per heavy atom. The van der Waals surface area contributed by atoms with Crippen LogP contribution in [0.3, 0.4) is 0 Å². The molecule has 1 aromatic carbocycles. The van der Waals surface area contributed by atoms with E-state index in [1.807, 2.05) is 32.9 Å². The van der Waals surface area contributed by atoms with Crippen LogP contribution in [0.25, 0.3) is 0 Å². The number of hydrogen-bond donors (Lipinski definition) is 0. The Labute approximate surface area is 102 Å². The summed E-state index contributed by atoms with van der Waals surface area (Å²) >= 11 is 0.